The minimum atomic E-state index is -0.752. The smallest absolute Gasteiger partial charge is 0.331 e. The largest absolute Gasteiger partial charge is 0.486 e. The zero-order chi connectivity index (χ0) is 22.2. The lowest BCUT2D eigenvalue weighted by Gasteiger charge is -2.19. The summed E-state index contributed by atoms with van der Waals surface area (Å²) in [4.78, 5) is 35.6. The van der Waals surface area contributed by atoms with Gasteiger partial charge in [0, 0.05) is 17.8 Å². The molecule has 2 aromatic rings. The summed E-state index contributed by atoms with van der Waals surface area (Å²) in [5.74, 6) is 0.0840. The third kappa shape index (κ3) is 6.60. The molecule has 0 aromatic heterocycles. The predicted molar refractivity (Wildman–Crippen MR) is 115 cm³/mol. The van der Waals surface area contributed by atoms with Crippen LogP contribution in [0.25, 0.3) is 6.08 Å². The molecule has 8 nitrogen and oxygen atoms in total. The van der Waals surface area contributed by atoms with E-state index in [1.807, 2.05) is 24.3 Å². The second-order valence-corrected chi connectivity index (χ2v) is 7.12. The third-order valence-corrected chi connectivity index (χ3v) is 4.41. The van der Waals surface area contributed by atoms with Crippen LogP contribution in [0.15, 0.2) is 48.5 Å². The van der Waals surface area contributed by atoms with Gasteiger partial charge in [-0.2, -0.15) is 0 Å². The Morgan fingerprint density at radius 3 is 2.45 bits per heavy atom. The van der Waals surface area contributed by atoms with E-state index in [9.17, 15) is 14.4 Å². The number of fused-ring (bicyclic) bond motifs is 1. The molecule has 2 N–H and O–H groups in total. The number of esters is 1. The second kappa shape index (κ2) is 10.3. The average Bonchev–Trinajstić information content (AvgIpc) is 2.76. The zero-order valence-electron chi connectivity index (χ0n) is 17.3. The van der Waals surface area contributed by atoms with Crippen LogP contribution in [-0.2, 0) is 14.3 Å². The summed E-state index contributed by atoms with van der Waals surface area (Å²) in [6.07, 6.45) is 2.83. The van der Waals surface area contributed by atoms with Crippen LogP contribution in [0.2, 0.25) is 0 Å². The molecule has 0 radical (unpaired) electrons. The molecule has 0 saturated carbocycles. The van der Waals surface area contributed by atoms with Gasteiger partial charge >= 0.3 is 12.0 Å². The van der Waals surface area contributed by atoms with Crippen molar-refractivity contribution in [2.45, 2.75) is 19.8 Å². The number of rotatable bonds is 6. The Morgan fingerprint density at radius 1 is 1.03 bits per heavy atom. The van der Waals surface area contributed by atoms with Gasteiger partial charge in [-0.25, -0.2) is 9.59 Å². The second-order valence-electron chi connectivity index (χ2n) is 7.12. The van der Waals surface area contributed by atoms with Gasteiger partial charge in [0.25, 0.3) is 5.91 Å². The van der Waals surface area contributed by atoms with Crippen LogP contribution in [0.5, 0.6) is 11.5 Å². The van der Waals surface area contributed by atoms with Crippen molar-refractivity contribution in [1.29, 1.82) is 0 Å². The fraction of sp³-hybridized carbons (Fsp3) is 0.261. The highest BCUT2D eigenvalue weighted by atomic mass is 16.6. The van der Waals surface area contributed by atoms with Gasteiger partial charge in [0.2, 0.25) is 0 Å². The van der Waals surface area contributed by atoms with E-state index >= 15 is 0 Å². The van der Waals surface area contributed by atoms with Crippen molar-refractivity contribution < 1.29 is 28.6 Å². The molecule has 8 heteroatoms. The van der Waals surface area contributed by atoms with Crippen molar-refractivity contribution in [3.63, 3.8) is 0 Å². The molecule has 0 saturated heterocycles. The molecule has 2 aromatic carbocycles. The van der Waals surface area contributed by atoms with E-state index in [1.165, 1.54) is 11.6 Å². The number of hydrogen-bond donors (Lipinski definition) is 2. The number of nitrogens with one attached hydrogen (secondary N) is 2. The SMILES string of the molecule is CC(C)c1ccc(/C=C/C(=O)OCC(=O)NC(=O)Nc2ccc3c(c2)OCCO3)cc1. The molecule has 1 heterocycles. The van der Waals surface area contributed by atoms with Crippen LogP contribution in [0, 0.1) is 0 Å². The number of hydrogen-bond acceptors (Lipinski definition) is 6. The van der Waals surface area contributed by atoms with Crippen LogP contribution in [-0.4, -0.2) is 37.7 Å². The minimum absolute atomic E-state index is 0.421. The Balaban J connectivity index is 1.41. The first-order valence-electron chi connectivity index (χ1n) is 9.86. The lowest BCUT2D eigenvalue weighted by Crippen LogP contribution is -2.37. The molecule has 3 rings (SSSR count). The highest BCUT2D eigenvalue weighted by Gasteiger charge is 2.14. The van der Waals surface area contributed by atoms with Crippen LogP contribution >= 0.6 is 0 Å². The molecule has 162 valence electrons. The van der Waals surface area contributed by atoms with Crippen LogP contribution in [0.3, 0.4) is 0 Å². The normalized spacial score (nSPS) is 12.5. The summed E-state index contributed by atoms with van der Waals surface area (Å²) in [5.41, 5.74) is 2.47. The Kier molecular flexibility index (Phi) is 7.26. The van der Waals surface area contributed by atoms with Gasteiger partial charge in [0.05, 0.1) is 0 Å². The maximum Gasteiger partial charge on any atom is 0.331 e. The van der Waals surface area contributed by atoms with E-state index in [1.54, 1.807) is 24.3 Å². The molecule has 0 spiro atoms. The highest BCUT2D eigenvalue weighted by molar-refractivity contribution is 6.02. The standard InChI is InChI=1S/C23H24N2O6/c1-15(2)17-6-3-16(4-7-17)5-10-22(27)31-14-21(26)25-23(28)24-18-8-9-19-20(13-18)30-12-11-29-19/h3-10,13,15H,11-12,14H2,1-2H3,(H2,24,25,26,28)/b10-5+. The molecule has 1 aliphatic heterocycles. The zero-order valence-corrected chi connectivity index (χ0v) is 17.3. The summed E-state index contributed by atoms with van der Waals surface area (Å²) in [6.45, 7) is 4.51. The van der Waals surface area contributed by atoms with Crippen molar-refractivity contribution in [1.82, 2.24) is 5.32 Å². The van der Waals surface area contributed by atoms with E-state index in [0.717, 1.165) is 5.56 Å². The first-order chi connectivity index (χ1) is 14.9. The van der Waals surface area contributed by atoms with Gasteiger partial charge in [-0.3, -0.25) is 10.1 Å². The number of carbonyl (C=O) groups excluding carboxylic acids is 3. The van der Waals surface area contributed by atoms with Crippen molar-refractivity contribution in [3.8, 4) is 11.5 Å². The number of amides is 3. The van der Waals surface area contributed by atoms with E-state index in [-0.39, 0.29) is 0 Å². The minimum Gasteiger partial charge on any atom is -0.486 e. The molecule has 0 fully saturated rings. The molecular weight excluding hydrogens is 400 g/mol. The quantitative estimate of drug-likeness (QED) is 0.544. The Hall–Kier alpha value is -3.81. The lowest BCUT2D eigenvalue weighted by atomic mass is 10.0. The van der Waals surface area contributed by atoms with E-state index in [2.05, 4.69) is 24.5 Å². The summed E-state index contributed by atoms with van der Waals surface area (Å²) >= 11 is 0. The van der Waals surface area contributed by atoms with Gasteiger partial charge in [0.1, 0.15) is 13.2 Å². The highest BCUT2D eigenvalue weighted by Crippen LogP contribution is 2.32. The Morgan fingerprint density at radius 2 is 1.74 bits per heavy atom. The van der Waals surface area contributed by atoms with Crippen molar-refractivity contribution >= 4 is 29.7 Å². The fourth-order valence-electron chi connectivity index (χ4n) is 2.79. The molecule has 0 aliphatic carbocycles. The van der Waals surface area contributed by atoms with Crippen LogP contribution < -0.4 is 20.1 Å². The number of carbonyl (C=O) groups is 3. The van der Waals surface area contributed by atoms with E-state index in [0.29, 0.717) is 36.3 Å². The van der Waals surface area contributed by atoms with Crippen molar-refractivity contribution in [2.24, 2.45) is 0 Å². The number of ether oxygens (including phenoxy) is 3. The first kappa shape index (κ1) is 21.9. The summed E-state index contributed by atoms with van der Waals surface area (Å²) in [6, 6.07) is 11.9. The number of benzene rings is 2. The molecule has 3 amide bonds. The van der Waals surface area contributed by atoms with Gasteiger partial charge in [-0.15, -0.1) is 0 Å². The van der Waals surface area contributed by atoms with Crippen molar-refractivity contribution in [2.75, 3.05) is 25.1 Å². The van der Waals surface area contributed by atoms with Crippen LogP contribution in [0.4, 0.5) is 10.5 Å². The van der Waals surface area contributed by atoms with Gasteiger partial charge < -0.3 is 19.5 Å². The molecular formula is C23H24N2O6. The molecule has 0 bridgehead atoms. The summed E-state index contributed by atoms with van der Waals surface area (Å²) in [5, 5.41) is 4.60. The average molecular weight is 424 g/mol. The number of imide groups is 1. The monoisotopic (exact) mass is 424 g/mol. The van der Waals surface area contributed by atoms with Crippen LogP contribution in [0.1, 0.15) is 30.9 Å². The Labute approximate surface area is 180 Å². The molecule has 31 heavy (non-hydrogen) atoms. The maximum atomic E-state index is 12.0. The van der Waals surface area contributed by atoms with E-state index < -0.39 is 24.5 Å². The summed E-state index contributed by atoms with van der Waals surface area (Å²) in [7, 11) is 0. The van der Waals surface area contributed by atoms with Gasteiger partial charge in [0.15, 0.2) is 18.1 Å². The number of urea groups is 1. The Bertz CT molecular complexity index is 982. The third-order valence-electron chi connectivity index (χ3n) is 4.41. The molecule has 1 aliphatic rings. The van der Waals surface area contributed by atoms with Gasteiger partial charge in [-0.05, 0) is 35.3 Å². The molecule has 0 atom stereocenters. The van der Waals surface area contributed by atoms with Crippen molar-refractivity contribution in [3.05, 3.63) is 59.7 Å². The number of anilines is 1. The topological polar surface area (TPSA) is 103 Å². The van der Waals surface area contributed by atoms with E-state index in [4.69, 9.17) is 14.2 Å². The summed E-state index contributed by atoms with van der Waals surface area (Å²) < 4.78 is 15.7. The first-order valence-corrected chi connectivity index (χ1v) is 9.86. The fourth-order valence-corrected chi connectivity index (χ4v) is 2.79. The molecule has 0 unspecified atom stereocenters. The predicted octanol–water partition coefficient (Wildman–Crippen LogP) is 3.49. The maximum absolute atomic E-state index is 12.0. The lowest BCUT2D eigenvalue weighted by molar-refractivity contribution is -0.143. The van der Waals surface area contributed by atoms with Gasteiger partial charge in [-0.1, -0.05) is 38.1 Å².